The molecule has 0 unspecified atom stereocenters. The van der Waals surface area contributed by atoms with E-state index in [1.807, 2.05) is 0 Å². The van der Waals surface area contributed by atoms with Gasteiger partial charge in [-0.15, -0.1) is 0 Å². The number of hydrogen-bond acceptors (Lipinski definition) is 9. The zero-order valence-corrected chi connectivity index (χ0v) is 19.5. The molecule has 1 atom stereocenters. The van der Waals surface area contributed by atoms with Crippen LogP contribution in [0.5, 0.6) is 11.5 Å². The topological polar surface area (TPSA) is 122 Å². The summed E-state index contributed by atoms with van der Waals surface area (Å²) in [5.41, 5.74) is 1.37. The maximum Gasteiger partial charge on any atom is 0.338 e. The number of carbonyl (C=O) groups excluding carboxylic acids is 1. The number of benzene rings is 2. The van der Waals surface area contributed by atoms with Gasteiger partial charge in [0.15, 0.2) is 16.3 Å². The van der Waals surface area contributed by atoms with E-state index >= 15 is 0 Å². The number of non-ortho nitro benzene ring substituents is 1. The minimum atomic E-state index is -0.799. The largest absolute Gasteiger partial charge is 0.463 e. The average molecular weight is 493 g/mol. The number of hydrogen-bond donors (Lipinski definition) is 0. The van der Waals surface area contributed by atoms with Gasteiger partial charge in [0.05, 0.1) is 33.4 Å². The van der Waals surface area contributed by atoms with Gasteiger partial charge in [0, 0.05) is 12.1 Å². The lowest BCUT2D eigenvalue weighted by atomic mass is 9.95. The van der Waals surface area contributed by atoms with E-state index in [0.717, 1.165) is 11.3 Å². The SMILES string of the molecule is CCOC(=O)C1=C(C)N=c2s/c(=C/c3cccc([N+](=O)[O-])c3)c(=O)n2[C@@H]1c1ccc2c(c1)OCO2. The molecular formula is C24H19N3O7S. The summed E-state index contributed by atoms with van der Waals surface area (Å²) in [7, 11) is 0. The van der Waals surface area contributed by atoms with E-state index in [4.69, 9.17) is 14.2 Å². The first-order chi connectivity index (χ1) is 16.9. The molecule has 2 aliphatic heterocycles. The fourth-order valence-corrected chi connectivity index (χ4v) is 5.12. The van der Waals surface area contributed by atoms with Gasteiger partial charge in [-0.25, -0.2) is 9.79 Å². The number of fused-ring (bicyclic) bond motifs is 2. The number of ether oxygens (including phenoxy) is 3. The van der Waals surface area contributed by atoms with Crippen LogP contribution in [0.25, 0.3) is 6.08 Å². The van der Waals surface area contributed by atoms with Crippen LogP contribution in [-0.2, 0) is 9.53 Å². The van der Waals surface area contributed by atoms with Crippen LogP contribution in [0.3, 0.4) is 0 Å². The summed E-state index contributed by atoms with van der Waals surface area (Å²) < 4.78 is 18.0. The molecule has 0 saturated carbocycles. The molecule has 0 aliphatic carbocycles. The van der Waals surface area contributed by atoms with E-state index in [1.54, 1.807) is 50.3 Å². The standard InChI is InChI=1S/C24H19N3O7S/c1-3-32-23(29)20-13(2)25-24-26(21(20)15-7-8-17-18(11-15)34-12-33-17)22(28)19(35-24)10-14-5-4-6-16(9-14)27(30)31/h4-11,21H,3,12H2,1-2H3/b19-10+/t21-/m1/s1. The van der Waals surface area contributed by atoms with Crippen LogP contribution in [-0.4, -0.2) is 28.9 Å². The molecule has 5 rings (SSSR count). The van der Waals surface area contributed by atoms with Gasteiger partial charge >= 0.3 is 5.97 Å². The van der Waals surface area contributed by atoms with Gasteiger partial charge in [-0.2, -0.15) is 0 Å². The van der Waals surface area contributed by atoms with Gasteiger partial charge < -0.3 is 14.2 Å². The van der Waals surface area contributed by atoms with Crippen molar-refractivity contribution in [1.82, 2.24) is 4.57 Å². The normalized spacial score (nSPS) is 16.6. The van der Waals surface area contributed by atoms with Crippen molar-refractivity contribution < 1.29 is 23.9 Å². The van der Waals surface area contributed by atoms with Gasteiger partial charge in [-0.3, -0.25) is 19.5 Å². The van der Waals surface area contributed by atoms with Crippen molar-refractivity contribution in [3.63, 3.8) is 0 Å². The molecule has 1 aromatic heterocycles. The van der Waals surface area contributed by atoms with E-state index in [1.165, 1.54) is 16.7 Å². The van der Waals surface area contributed by atoms with E-state index in [-0.39, 0.29) is 30.2 Å². The molecule has 0 amide bonds. The van der Waals surface area contributed by atoms with Gasteiger partial charge in [0.25, 0.3) is 11.2 Å². The fraction of sp³-hybridized carbons (Fsp3) is 0.208. The first-order valence-corrected chi connectivity index (χ1v) is 11.5. The predicted molar refractivity (Wildman–Crippen MR) is 126 cm³/mol. The lowest BCUT2D eigenvalue weighted by Crippen LogP contribution is -2.39. The highest BCUT2D eigenvalue weighted by Gasteiger charge is 2.34. The highest BCUT2D eigenvalue weighted by atomic mass is 32.1. The Morgan fingerprint density at radius 3 is 2.86 bits per heavy atom. The Morgan fingerprint density at radius 2 is 2.09 bits per heavy atom. The summed E-state index contributed by atoms with van der Waals surface area (Å²) in [4.78, 5) is 42.2. The zero-order valence-electron chi connectivity index (χ0n) is 18.7. The molecule has 0 spiro atoms. The minimum Gasteiger partial charge on any atom is -0.463 e. The molecule has 178 valence electrons. The number of allylic oxidation sites excluding steroid dienone is 1. The predicted octanol–water partition coefficient (Wildman–Crippen LogP) is 2.44. The molecule has 2 aromatic carbocycles. The van der Waals surface area contributed by atoms with Crippen LogP contribution in [0.2, 0.25) is 0 Å². The van der Waals surface area contributed by atoms with Crippen LogP contribution >= 0.6 is 11.3 Å². The molecule has 10 nitrogen and oxygen atoms in total. The summed E-state index contributed by atoms with van der Waals surface area (Å²) in [6.07, 6.45) is 1.58. The Kier molecular flexibility index (Phi) is 5.69. The first-order valence-electron chi connectivity index (χ1n) is 10.7. The molecule has 35 heavy (non-hydrogen) atoms. The summed E-state index contributed by atoms with van der Waals surface area (Å²) in [5, 5.41) is 11.1. The van der Waals surface area contributed by atoms with Gasteiger partial charge in [-0.05, 0) is 43.2 Å². The van der Waals surface area contributed by atoms with Crippen molar-refractivity contribution in [2.24, 2.45) is 4.99 Å². The molecule has 0 N–H and O–H groups in total. The van der Waals surface area contributed by atoms with Crippen LogP contribution in [0.4, 0.5) is 5.69 Å². The van der Waals surface area contributed by atoms with Gasteiger partial charge in [0.1, 0.15) is 0 Å². The van der Waals surface area contributed by atoms with E-state index < -0.39 is 16.9 Å². The van der Waals surface area contributed by atoms with Crippen LogP contribution < -0.4 is 24.4 Å². The third kappa shape index (κ3) is 3.99. The molecule has 0 radical (unpaired) electrons. The second-order valence-corrected chi connectivity index (χ2v) is 8.78. The molecule has 3 heterocycles. The van der Waals surface area contributed by atoms with Crippen molar-refractivity contribution in [1.29, 1.82) is 0 Å². The number of aromatic nitrogens is 1. The Bertz CT molecular complexity index is 1590. The lowest BCUT2D eigenvalue weighted by Gasteiger charge is -2.24. The van der Waals surface area contributed by atoms with Crippen molar-refractivity contribution in [2.75, 3.05) is 13.4 Å². The molecular weight excluding hydrogens is 474 g/mol. The molecule has 2 aliphatic rings. The maximum absolute atomic E-state index is 13.6. The van der Waals surface area contributed by atoms with Crippen molar-refractivity contribution in [2.45, 2.75) is 19.9 Å². The third-order valence-electron chi connectivity index (χ3n) is 5.61. The summed E-state index contributed by atoms with van der Waals surface area (Å²) in [6.45, 7) is 3.66. The Labute approximate surface area is 202 Å². The Morgan fingerprint density at radius 1 is 1.29 bits per heavy atom. The third-order valence-corrected chi connectivity index (χ3v) is 6.59. The Hall–Kier alpha value is -4.25. The minimum absolute atomic E-state index is 0.0785. The van der Waals surface area contributed by atoms with Crippen LogP contribution in [0, 0.1) is 10.1 Å². The highest BCUT2D eigenvalue weighted by molar-refractivity contribution is 7.07. The van der Waals surface area contributed by atoms with Crippen LogP contribution in [0.1, 0.15) is 31.0 Å². The smallest absolute Gasteiger partial charge is 0.338 e. The number of nitro benzene ring substituents is 1. The quantitative estimate of drug-likeness (QED) is 0.304. The van der Waals surface area contributed by atoms with E-state index in [0.29, 0.717) is 37.7 Å². The summed E-state index contributed by atoms with van der Waals surface area (Å²) >= 11 is 1.14. The number of thiazole rings is 1. The average Bonchev–Trinajstić information content (AvgIpc) is 3.42. The second kappa shape index (κ2) is 8.84. The molecule has 11 heteroatoms. The highest BCUT2D eigenvalue weighted by Crippen LogP contribution is 2.38. The van der Waals surface area contributed by atoms with Crippen molar-refractivity contribution in [3.8, 4) is 11.5 Å². The van der Waals surface area contributed by atoms with Crippen molar-refractivity contribution in [3.05, 3.63) is 94.7 Å². The lowest BCUT2D eigenvalue weighted by molar-refractivity contribution is -0.384. The summed E-state index contributed by atoms with van der Waals surface area (Å²) in [5.74, 6) is 0.522. The second-order valence-electron chi connectivity index (χ2n) is 7.77. The number of esters is 1. The van der Waals surface area contributed by atoms with Gasteiger partial charge in [0.2, 0.25) is 6.79 Å². The van der Waals surface area contributed by atoms with Gasteiger partial charge in [-0.1, -0.05) is 29.5 Å². The number of nitro groups is 1. The monoisotopic (exact) mass is 493 g/mol. The number of carbonyl (C=O) groups is 1. The maximum atomic E-state index is 13.6. The molecule has 3 aromatic rings. The fourth-order valence-electron chi connectivity index (χ4n) is 4.07. The molecule has 0 fully saturated rings. The first kappa shape index (κ1) is 22.5. The number of rotatable bonds is 5. The van der Waals surface area contributed by atoms with Crippen LogP contribution in [0.15, 0.2) is 63.5 Å². The van der Waals surface area contributed by atoms with E-state index in [9.17, 15) is 19.7 Å². The summed E-state index contributed by atoms with van der Waals surface area (Å²) in [6, 6.07) is 10.4. The Balaban J connectivity index is 1.71. The molecule has 0 saturated heterocycles. The van der Waals surface area contributed by atoms with E-state index in [2.05, 4.69) is 4.99 Å². The van der Waals surface area contributed by atoms with Crippen molar-refractivity contribution >= 4 is 29.1 Å². The molecule has 0 bridgehead atoms. The number of nitrogens with zero attached hydrogens (tertiary/aromatic N) is 3. The zero-order chi connectivity index (χ0) is 24.7.